The lowest BCUT2D eigenvalue weighted by atomic mass is 9.96. The molecule has 0 atom stereocenters. The van der Waals surface area contributed by atoms with Crippen LogP contribution in [0.25, 0.3) is 0 Å². The maximum Gasteiger partial charge on any atom is 0.319 e. The Morgan fingerprint density at radius 1 is 1.07 bits per heavy atom. The normalized spacial score (nSPS) is 17.6. The summed E-state index contributed by atoms with van der Waals surface area (Å²) in [5, 5.41) is 3.07. The molecule has 2 heterocycles. The van der Waals surface area contributed by atoms with Gasteiger partial charge in [0.2, 0.25) is 5.91 Å². The SMILES string of the molecule is CC(C)CCOc1ccccc1CNC(=O)C1CCN(C(=O)N2CCCC2)CC1. The first-order chi connectivity index (χ1) is 14.0. The molecule has 2 aliphatic heterocycles. The van der Waals surface area contributed by atoms with Crippen molar-refractivity contribution in [3.8, 4) is 5.75 Å². The van der Waals surface area contributed by atoms with E-state index in [9.17, 15) is 9.59 Å². The van der Waals surface area contributed by atoms with Crippen LogP contribution in [0.4, 0.5) is 4.79 Å². The van der Waals surface area contributed by atoms with Crippen LogP contribution in [0.1, 0.15) is 51.5 Å². The summed E-state index contributed by atoms with van der Waals surface area (Å²) in [6.07, 6.45) is 4.69. The Hall–Kier alpha value is -2.24. The van der Waals surface area contributed by atoms with E-state index >= 15 is 0 Å². The van der Waals surface area contributed by atoms with Gasteiger partial charge in [-0.05, 0) is 44.1 Å². The van der Waals surface area contributed by atoms with E-state index in [1.807, 2.05) is 34.1 Å². The molecule has 6 heteroatoms. The van der Waals surface area contributed by atoms with Crippen LogP contribution in [-0.2, 0) is 11.3 Å². The number of nitrogens with one attached hydrogen (secondary N) is 1. The number of amides is 3. The molecule has 0 saturated carbocycles. The molecule has 0 spiro atoms. The van der Waals surface area contributed by atoms with Crippen LogP contribution in [-0.4, -0.2) is 54.5 Å². The van der Waals surface area contributed by atoms with E-state index in [0.717, 1.165) is 56.5 Å². The molecule has 0 bridgehead atoms. The number of carbonyl (C=O) groups is 2. The molecule has 1 aromatic carbocycles. The van der Waals surface area contributed by atoms with Crippen molar-refractivity contribution in [3.05, 3.63) is 29.8 Å². The third-order valence-electron chi connectivity index (χ3n) is 5.89. The molecular formula is C23H35N3O3. The Morgan fingerprint density at radius 2 is 1.72 bits per heavy atom. The highest BCUT2D eigenvalue weighted by Gasteiger charge is 2.30. The summed E-state index contributed by atoms with van der Waals surface area (Å²) in [4.78, 5) is 29.0. The predicted octanol–water partition coefficient (Wildman–Crippen LogP) is 3.66. The third kappa shape index (κ3) is 6.12. The molecule has 3 rings (SSSR count). The van der Waals surface area contributed by atoms with Gasteiger partial charge in [-0.1, -0.05) is 32.0 Å². The average molecular weight is 402 g/mol. The molecule has 3 amide bonds. The Kier molecular flexibility index (Phi) is 7.78. The van der Waals surface area contributed by atoms with Crippen LogP contribution in [0.3, 0.4) is 0 Å². The van der Waals surface area contributed by atoms with Gasteiger partial charge in [0.05, 0.1) is 6.61 Å². The molecule has 1 aromatic rings. The number of para-hydroxylation sites is 1. The highest BCUT2D eigenvalue weighted by Crippen LogP contribution is 2.22. The summed E-state index contributed by atoms with van der Waals surface area (Å²) in [7, 11) is 0. The summed E-state index contributed by atoms with van der Waals surface area (Å²) >= 11 is 0. The number of hydrogen-bond donors (Lipinski definition) is 1. The van der Waals surface area contributed by atoms with Crippen molar-refractivity contribution in [3.63, 3.8) is 0 Å². The molecule has 29 heavy (non-hydrogen) atoms. The van der Waals surface area contributed by atoms with Gasteiger partial charge in [0.15, 0.2) is 0 Å². The molecule has 1 N–H and O–H groups in total. The molecule has 160 valence electrons. The van der Waals surface area contributed by atoms with Gasteiger partial charge < -0.3 is 19.9 Å². The molecule has 0 unspecified atom stereocenters. The van der Waals surface area contributed by atoms with Crippen molar-refractivity contribution in [2.45, 2.75) is 52.5 Å². The van der Waals surface area contributed by atoms with Crippen LogP contribution >= 0.6 is 0 Å². The second-order valence-corrected chi connectivity index (χ2v) is 8.59. The Bertz CT molecular complexity index is 678. The second kappa shape index (κ2) is 10.5. The van der Waals surface area contributed by atoms with E-state index in [1.54, 1.807) is 0 Å². The van der Waals surface area contributed by atoms with Crippen LogP contribution < -0.4 is 10.1 Å². The Balaban J connectivity index is 1.44. The van der Waals surface area contributed by atoms with Crippen LogP contribution in [0.2, 0.25) is 0 Å². The van der Waals surface area contributed by atoms with Crippen molar-refractivity contribution in [1.82, 2.24) is 15.1 Å². The van der Waals surface area contributed by atoms with E-state index in [4.69, 9.17) is 4.74 Å². The fourth-order valence-electron chi connectivity index (χ4n) is 3.96. The number of benzene rings is 1. The van der Waals surface area contributed by atoms with Crippen LogP contribution in [0.5, 0.6) is 5.75 Å². The van der Waals surface area contributed by atoms with Crippen LogP contribution in [0, 0.1) is 11.8 Å². The maximum absolute atomic E-state index is 12.7. The highest BCUT2D eigenvalue weighted by atomic mass is 16.5. The zero-order chi connectivity index (χ0) is 20.6. The van der Waals surface area contributed by atoms with Gasteiger partial charge in [0.1, 0.15) is 5.75 Å². The fourth-order valence-corrected chi connectivity index (χ4v) is 3.96. The number of ether oxygens (including phenoxy) is 1. The topological polar surface area (TPSA) is 61.9 Å². The van der Waals surface area contributed by atoms with Gasteiger partial charge in [-0.2, -0.15) is 0 Å². The quantitative estimate of drug-likeness (QED) is 0.758. The Labute approximate surface area is 174 Å². The summed E-state index contributed by atoms with van der Waals surface area (Å²) in [6.45, 7) is 8.61. The highest BCUT2D eigenvalue weighted by molar-refractivity contribution is 5.79. The van der Waals surface area contributed by atoms with E-state index < -0.39 is 0 Å². The summed E-state index contributed by atoms with van der Waals surface area (Å²) in [6, 6.07) is 8.04. The van der Waals surface area contributed by atoms with Crippen molar-refractivity contribution >= 4 is 11.9 Å². The molecule has 2 aliphatic rings. The molecule has 0 radical (unpaired) electrons. The van der Waals surface area contributed by atoms with E-state index in [2.05, 4.69) is 19.2 Å². The van der Waals surface area contributed by atoms with Crippen molar-refractivity contribution in [1.29, 1.82) is 0 Å². The van der Waals surface area contributed by atoms with Crippen molar-refractivity contribution < 1.29 is 14.3 Å². The first-order valence-electron chi connectivity index (χ1n) is 11.1. The summed E-state index contributed by atoms with van der Waals surface area (Å²) < 4.78 is 5.91. The van der Waals surface area contributed by atoms with Gasteiger partial charge in [-0.3, -0.25) is 4.79 Å². The standard InChI is InChI=1S/C23H35N3O3/c1-18(2)11-16-29-21-8-4-3-7-20(21)17-24-22(27)19-9-14-26(15-10-19)23(28)25-12-5-6-13-25/h3-4,7-8,18-19H,5-6,9-17H2,1-2H3,(H,24,27). The van der Waals surface area contributed by atoms with E-state index in [0.29, 0.717) is 32.2 Å². The third-order valence-corrected chi connectivity index (χ3v) is 5.89. The smallest absolute Gasteiger partial charge is 0.319 e. The molecule has 0 aromatic heterocycles. The minimum atomic E-state index is -0.0216. The number of likely N-dealkylation sites (tertiary alicyclic amines) is 2. The van der Waals surface area contributed by atoms with E-state index in [1.165, 1.54) is 0 Å². The predicted molar refractivity (Wildman–Crippen MR) is 114 cm³/mol. The number of rotatable bonds is 7. The molecule has 2 fully saturated rings. The largest absolute Gasteiger partial charge is 0.493 e. The summed E-state index contributed by atoms with van der Waals surface area (Å²) in [5.41, 5.74) is 1.01. The Morgan fingerprint density at radius 3 is 2.41 bits per heavy atom. The first-order valence-corrected chi connectivity index (χ1v) is 11.1. The average Bonchev–Trinajstić information content (AvgIpc) is 3.27. The fraction of sp³-hybridized carbons (Fsp3) is 0.652. The molecule has 2 saturated heterocycles. The minimum absolute atomic E-state index is 0.0216. The monoisotopic (exact) mass is 401 g/mol. The number of carbonyl (C=O) groups excluding carboxylic acids is 2. The zero-order valence-electron chi connectivity index (χ0n) is 17.9. The summed E-state index contributed by atoms with van der Waals surface area (Å²) in [5.74, 6) is 1.51. The van der Waals surface area contributed by atoms with Crippen molar-refractivity contribution in [2.24, 2.45) is 11.8 Å². The van der Waals surface area contributed by atoms with Crippen LogP contribution in [0.15, 0.2) is 24.3 Å². The number of urea groups is 1. The van der Waals surface area contributed by atoms with Gasteiger partial charge in [0.25, 0.3) is 0 Å². The van der Waals surface area contributed by atoms with Gasteiger partial charge in [0, 0.05) is 44.2 Å². The van der Waals surface area contributed by atoms with Gasteiger partial charge >= 0.3 is 6.03 Å². The zero-order valence-corrected chi connectivity index (χ0v) is 17.9. The number of nitrogens with zero attached hydrogens (tertiary/aromatic N) is 2. The molecule has 6 nitrogen and oxygen atoms in total. The maximum atomic E-state index is 12.7. The lowest BCUT2D eigenvalue weighted by molar-refractivity contribution is -0.126. The number of hydrogen-bond acceptors (Lipinski definition) is 3. The van der Waals surface area contributed by atoms with Gasteiger partial charge in [-0.15, -0.1) is 0 Å². The van der Waals surface area contributed by atoms with Gasteiger partial charge in [-0.25, -0.2) is 4.79 Å². The number of piperidine rings is 1. The second-order valence-electron chi connectivity index (χ2n) is 8.59. The first kappa shape index (κ1) is 21.5. The molecular weight excluding hydrogens is 366 g/mol. The lowest BCUT2D eigenvalue weighted by Gasteiger charge is -2.34. The lowest BCUT2D eigenvalue weighted by Crippen LogP contribution is -2.47. The van der Waals surface area contributed by atoms with Crippen molar-refractivity contribution in [2.75, 3.05) is 32.8 Å². The molecule has 0 aliphatic carbocycles. The minimum Gasteiger partial charge on any atom is -0.493 e. The van der Waals surface area contributed by atoms with E-state index in [-0.39, 0.29) is 17.9 Å².